The Kier molecular flexibility index (Phi) is 6.90. The van der Waals surface area contributed by atoms with Gasteiger partial charge in [-0.05, 0) is 49.2 Å². The number of carbonyl (C=O) groups excluding carboxylic acids is 1. The van der Waals surface area contributed by atoms with Gasteiger partial charge in [0.1, 0.15) is 5.75 Å². The Morgan fingerprint density at radius 1 is 1.18 bits per heavy atom. The summed E-state index contributed by atoms with van der Waals surface area (Å²) in [6, 6.07) is 15.3. The molecule has 0 spiro atoms. The minimum absolute atomic E-state index is 0.151. The van der Waals surface area contributed by atoms with Crippen LogP contribution in [-0.2, 0) is 5.75 Å². The minimum atomic E-state index is -0.380. The lowest BCUT2D eigenvalue weighted by molar-refractivity contribution is 0.102. The van der Waals surface area contributed by atoms with Gasteiger partial charge in [-0.15, -0.1) is 0 Å². The number of anilines is 1. The van der Waals surface area contributed by atoms with Crippen molar-refractivity contribution in [2.45, 2.75) is 24.8 Å². The molecule has 28 heavy (non-hydrogen) atoms. The van der Waals surface area contributed by atoms with E-state index in [9.17, 15) is 4.79 Å². The van der Waals surface area contributed by atoms with Crippen LogP contribution in [0.15, 0.2) is 59.9 Å². The number of nitrogens with one attached hydrogen (secondary N) is 1. The Hall–Kier alpha value is -2.57. The fourth-order valence-electron chi connectivity index (χ4n) is 2.49. The van der Waals surface area contributed by atoms with Crippen LogP contribution in [0.3, 0.4) is 0 Å². The van der Waals surface area contributed by atoms with E-state index in [0.29, 0.717) is 23.2 Å². The summed E-state index contributed by atoms with van der Waals surface area (Å²) in [6.45, 7) is 4.57. The van der Waals surface area contributed by atoms with Crippen LogP contribution in [0.2, 0.25) is 5.02 Å². The van der Waals surface area contributed by atoms with E-state index in [-0.39, 0.29) is 16.6 Å². The standard InChI is InChI=1S/C21H20ClN3O2S/c1-3-27-17-10-8-16(9-11-17)24-20(26)19-18(22)12-23-21(25-19)28-13-15-7-5-4-6-14(15)2/h4-12H,3,13H2,1-2H3,(H,24,26). The Morgan fingerprint density at radius 3 is 2.64 bits per heavy atom. The molecule has 0 radical (unpaired) electrons. The molecule has 1 heterocycles. The number of thioether (sulfide) groups is 1. The molecule has 3 rings (SSSR count). The predicted molar refractivity (Wildman–Crippen MR) is 113 cm³/mol. The lowest BCUT2D eigenvalue weighted by Gasteiger charge is -2.09. The zero-order valence-corrected chi connectivity index (χ0v) is 17.2. The third kappa shape index (κ3) is 5.24. The smallest absolute Gasteiger partial charge is 0.275 e. The molecule has 0 aliphatic rings. The summed E-state index contributed by atoms with van der Waals surface area (Å²) in [4.78, 5) is 21.2. The van der Waals surface area contributed by atoms with E-state index in [1.807, 2.05) is 19.1 Å². The molecular formula is C21H20ClN3O2S. The van der Waals surface area contributed by atoms with E-state index in [0.717, 1.165) is 5.75 Å². The molecule has 5 nitrogen and oxygen atoms in total. The summed E-state index contributed by atoms with van der Waals surface area (Å²) < 4.78 is 5.40. The monoisotopic (exact) mass is 413 g/mol. The van der Waals surface area contributed by atoms with Crippen LogP contribution in [0.4, 0.5) is 5.69 Å². The maximum atomic E-state index is 12.6. The maximum absolute atomic E-state index is 12.6. The average Bonchev–Trinajstić information content (AvgIpc) is 2.70. The van der Waals surface area contributed by atoms with Crippen molar-refractivity contribution in [3.05, 3.63) is 76.6 Å². The third-order valence-electron chi connectivity index (χ3n) is 3.98. The summed E-state index contributed by atoms with van der Waals surface area (Å²) in [5.41, 5.74) is 3.19. The molecule has 0 saturated carbocycles. The van der Waals surface area contributed by atoms with Gasteiger partial charge in [0.2, 0.25) is 0 Å². The molecule has 1 N–H and O–H groups in total. The van der Waals surface area contributed by atoms with Crippen molar-refractivity contribution in [3.8, 4) is 5.75 Å². The third-order valence-corrected chi connectivity index (χ3v) is 5.17. The first-order valence-electron chi connectivity index (χ1n) is 8.81. The van der Waals surface area contributed by atoms with Crippen LogP contribution in [0, 0.1) is 6.92 Å². The van der Waals surface area contributed by atoms with Gasteiger partial charge >= 0.3 is 0 Å². The van der Waals surface area contributed by atoms with Gasteiger partial charge in [0.15, 0.2) is 10.9 Å². The number of aromatic nitrogens is 2. The number of hydrogen-bond acceptors (Lipinski definition) is 5. The average molecular weight is 414 g/mol. The van der Waals surface area contributed by atoms with Gasteiger partial charge in [0.25, 0.3) is 5.91 Å². The number of nitrogens with zero attached hydrogens (tertiary/aromatic N) is 2. The van der Waals surface area contributed by atoms with Crippen LogP contribution in [0.5, 0.6) is 5.75 Å². The first kappa shape index (κ1) is 20.2. The molecule has 144 valence electrons. The minimum Gasteiger partial charge on any atom is -0.494 e. The molecule has 1 amide bonds. The lowest BCUT2D eigenvalue weighted by Crippen LogP contribution is -2.15. The molecule has 0 fully saturated rings. The number of halogens is 1. The first-order chi connectivity index (χ1) is 13.6. The second kappa shape index (κ2) is 9.57. The highest BCUT2D eigenvalue weighted by Gasteiger charge is 2.15. The number of amides is 1. The van der Waals surface area contributed by atoms with E-state index in [2.05, 4.69) is 34.3 Å². The molecule has 1 aromatic heterocycles. The second-order valence-electron chi connectivity index (χ2n) is 5.98. The summed E-state index contributed by atoms with van der Waals surface area (Å²) in [5, 5.41) is 3.52. The molecule has 0 aliphatic carbocycles. The van der Waals surface area contributed by atoms with Crippen molar-refractivity contribution in [3.63, 3.8) is 0 Å². The van der Waals surface area contributed by atoms with Crippen molar-refractivity contribution in [1.29, 1.82) is 0 Å². The van der Waals surface area contributed by atoms with Crippen molar-refractivity contribution in [2.75, 3.05) is 11.9 Å². The Bertz CT molecular complexity index is 964. The van der Waals surface area contributed by atoms with Gasteiger partial charge < -0.3 is 10.1 Å². The van der Waals surface area contributed by atoms with Gasteiger partial charge in [-0.3, -0.25) is 4.79 Å². The molecule has 0 bridgehead atoms. The molecule has 3 aromatic rings. The number of benzene rings is 2. The fourth-order valence-corrected chi connectivity index (χ4v) is 3.55. The first-order valence-corrected chi connectivity index (χ1v) is 10.2. The Labute approximate surface area is 173 Å². The van der Waals surface area contributed by atoms with Gasteiger partial charge in [0.05, 0.1) is 17.8 Å². The Morgan fingerprint density at radius 2 is 1.93 bits per heavy atom. The van der Waals surface area contributed by atoms with Crippen LogP contribution >= 0.6 is 23.4 Å². The number of hydrogen-bond donors (Lipinski definition) is 1. The zero-order valence-electron chi connectivity index (χ0n) is 15.6. The number of rotatable bonds is 7. The van der Waals surface area contributed by atoms with E-state index in [1.54, 1.807) is 24.3 Å². The van der Waals surface area contributed by atoms with Gasteiger partial charge in [-0.2, -0.15) is 0 Å². The molecule has 0 unspecified atom stereocenters. The van der Waals surface area contributed by atoms with Crippen molar-refractivity contribution < 1.29 is 9.53 Å². The van der Waals surface area contributed by atoms with Crippen molar-refractivity contribution in [1.82, 2.24) is 9.97 Å². The van der Waals surface area contributed by atoms with Crippen molar-refractivity contribution in [2.24, 2.45) is 0 Å². The number of aryl methyl sites for hydroxylation is 1. The second-order valence-corrected chi connectivity index (χ2v) is 7.33. The van der Waals surface area contributed by atoms with Crippen LogP contribution in [0.1, 0.15) is 28.5 Å². The molecule has 0 saturated heterocycles. The normalized spacial score (nSPS) is 10.5. The topological polar surface area (TPSA) is 64.1 Å². The Balaban J connectivity index is 1.69. The number of carbonyl (C=O) groups is 1. The maximum Gasteiger partial charge on any atom is 0.275 e. The highest BCUT2D eigenvalue weighted by molar-refractivity contribution is 7.98. The van der Waals surface area contributed by atoms with E-state index in [4.69, 9.17) is 16.3 Å². The fraction of sp³-hybridized carbons (Fsp3) is 0.190. The van der Waals surface area contributed by atoms with Crippen LogP contribution in [-0.4, -0.2) is 22.5 Å². The van der Waals surface area contributed by atoms with Gasteiger partial charge in [0, 0.05) is 11.4 Å². The quantitative estimate of drug-likeness (QED) is 0.416. The molecule has 0 aliphatic heterocycles. The summed E-state index contributed by atoms with van der Waals surface area (Å²) in [5.74, 6) is 1.08. The SMILES string of the molecule is CCOc1ccc(NC(=O)c2nc(SCc3ccccc3C)ncc2Cl)cc1. The molecule has 0 atom stereocenters. The molecule has 2 aromatic carbocycles. The van der Waals surface area contributed by atoms with Crippen LogP contribution < -0.4 is 10.1 Å². The van der Waals surface area contributed by atoms with Gasteiger partial charge in [-0.1, -0.05) is 47.6 Å². The predicted octanol–water partition coefficient (Wildman–Crippen LogP) is 5.38. The van der Waals surface area contributed by atoms with Crippen molar-refractivity contribution >= 4 is 35.0 Å². The molecular weight excluding hydrogens is 394 g/mol. The zero-order chi connectivity index (χ0) is 19.9. The highest BCUT2D eigenvalue weighted by Crippen LogP contribution is 2.24. The highest BCUT2D eigenvalue weighted by atomic mass is 35.5. The van der Waals surface area contributed by atoms with E-state index >= 15 is 0 Å². The largest absolute Gasteiger partial charge is 0.494 e. The lowest BCUT2D eigenvalue weighted by atomic mass is 10.1. The number of ether oxygens (including phenoxy) is 1. The van der Waals surface area contributed by atoms with Gasteiger partial charge in [-0.25, -0.2) is 9.97 Å². The summed E-state index contributed by atoms with van der Waals surface area (Å²) in [7, 11) is 0. The molecule has 7 heteroatoms. The summed E-state index contributed by atoms with van der Waals surface area (Å²) in [6.07, 6.45) is 1.46. The van der Waals surface area contributed by atoms with Crippen LogP contribution in [0.25, 0.3) is 0 Å². The van der Waals surface area contributed by atoms with E-state index in [1.165, 1.54) is 29.1 Å². The summed E-state index contributed by atoms with van der Waals surface area (Å²) >= 11 is 7.62. The van der Waals surface area contributed by atoms with E-state index < -0.39 is 0 Å².